The van der Waals surface area contributed by atoms with E-state index < -0.39 is 14.8 Å². The Bertz CT molecular complexity index is 519. The molecule has 102 valence electrons. The van der Waals surface area contributed by atoms with Gasteiger partial charge in [0, 0.05) is 6.54 Å². The van der Waals surface area contributed by atoms with E-state index in [1.807, 2.05) is 0 Å². The lowest BCUT2D eigenvalue weighted by atomic mass is 10.2. The number of hydrogen-bond acceptors (Lipinski definition) is 4. The number of nitrogens with two attached hydrogens (primary N) is 1. The third-order valence-electron chi connectivity index (χ3n) is 2.57. The molecule has 1 rings (SSSR count). The van der Waals surface area contributed by atoms with Crippen molar-refractivity contribution >= 4 is 15.7 Å². The monoisotopic (exact) mass is 272 g/mol. The molecule has 0 aliphatic rings. The van der Waals surface area contributed by atoms with Crippen LogP contribution in [0.25, 0.3) is 0 Å². The van der Waals surface area contributed by atoms with Crippen molar-refractivity contribution in [1.82, 2.24) is 4.72 Å². The van der Waals surface area contributed by atoms with Gasteiger partial charge in [-0.2, -0.15) is 0 Å². The van der Waals surface area contributed by atoms with Gasteiger partial charge in [-0.05, 0) is 38.5 Å². The summed E-state index contributed by atoms with van der Waals surface area (Å²) in [6.45, 7) is 5.17. The maximum absolute atomic E-state index is 11.9. The summed E-state index contributed by atoms with van der Waals surface area (Å²) in [5.74, 6) is 0.581. The Morgan fingerprint density at radius 1 is 1.33 bits per heavy atom. The van der Waals surface area contributed by atoms with E-state index in [0.717, 1.165) is 5.56 Å². The van der Waals surface area contributed by atoms with E-state index in [9.17, 15) is 8.42 Å². The summed E-state index contributed by atoms with van der Waals surface area (Å²) in [6, 6.07) is 5.19. The molecular formula is C12H20N2O3S. The lowest BCUT2D eigenvalue weighted by molar-refractivity contribution is 0.417. The van der Waals surface area contributed by atoms with Crippen LogP contribution in [0.1, 0.15) is 26.3 Å². The van der Waals surface area contributed by atoms with E-state index >= 15 is 0 Å². The average Bonchev–Trinajstić information content (AvgIpc) is 2.25. The van der Waals surface area contributed by atoms with Gasteiger partial charge in [0.1, 0.15) is 5.75 Å². The molecule has 0 fully saturated rings. The summed E-state index contributed by atoms with van der Waals surface area (Å²) in [5, 5.41) is 0. The molecule has 0 saturated carbocycles. The maximum Gasteiger partial charge on any atom is 0.216 e. The van der Waals surface area contributed by atoms with Crippen LogP contribution in [0.4, 0.5) is 5.69 Å². The highest BCUT2D eigenvalue weighted by Gasteiger charge is 2.28. The minimum Gasteiger partial charge on any atom is -0.495 e. The molecule has 1 aromatic rings. The normalized spacial score (nSPS) is 12.4. The zero-order valence-electron chi connectivity index (χ0n) is 11.1. The predicted molar refractivity (Wildman–Crippen MR) is 72.9 cm³/mol. The van der Waals surface area contributed by atoms with Crippen molar-refractivity contribution in [1.29, 1.82) is 0 Å². The van der Waals surface area contributed by atoms with Crippen molar-refractivity contribution in [3.63, 3.8) is 0 Å². The second-order valence-electron chi connectivity index (χ2n) is 5.01. The highest BCUT2D eigenvalue weighted by Crippen LogP contribution is 2.22. The van der Waals surface area contributed by atoms with Crippen LogP contribution in [-0.2, 0) is 16.6 Å². The lowest BCUT2D eigenvalue weighted by Crippen LogP contribution is -2.38. The van der Waals surface area contributed by atoms with Crippen molar-refractivity contribution in [2.24, 2.45) is 0 Å². The summed E-state index contributed by atoms with van der Waals surface area (Å²) in [4.78, 5) is 0. The minimum absolute atomic E-state index is 0.216. The molecule has 0 radical (unpaired) electrons. The van der Waals surface area contributed by atoms with Crippen molar-refractivity contribution in [3.05, 3.63) is 23.8 Å². The number of hydrogen-bond donors (Lipinski definition) is 2. The molecule has 18 heavy (non-hydrogen) atoms. The molecule has 1 aromatic carbocycles. The lowest BCUT2D eigenvalue weighted by Gasteiger charge is -2.19. The standard InChI is InChI=1S/C12H20N2O3S/c1-12(2,3)18(15,16)14-8-9-5-6-11(17-4)10(13)7-9/h5-7,14H,8,13H2,1-4H3. The molecule has 0 aromatic heterocycles. The molecule has 6 heteroatoms. The largest absolute Gasteiger partial charge is 0.495 e. The van der Waals surface area contributed by atoms with Crippen LogP contribution in [-0.4, -0.2) is 20.3 Å². The fourth-order valence-corrected chi connectivity index (χ4v) is 2.08. The maximum atomic E-state index is 11.9. The Hall–Kier alpha value is -1.27. The summed E-state index contributed by atoms with van der Waals surface area (Å²) < 4.78 is 30.5. The van der Waals surface area contributed by atoms with Gasteiger partial charge in [-0.15, -0.1) is 0 Å². The summed E-state index contributed by atoms with van der Waals surface area (Å²) in [7, 11) is -1.81. The Morgan fingerprint density at radius 3 is 2.39 bits per heavy atom. The zero-order valence-corrected chi connectivity index (χ0v) is 12.0. The van der Waals surface area contributed by atoms with Crippen LogP contribution in [0.2, 0.25) is 0 Å². The smallest absolute Gasteiger partial charge is 0.216 e. The van der Waals surface area contributed by atoms with Crippen LogP contribution >= 0.6 is 0 Å². The first-order valence-electron chi connectivity index (χ1n) is 5.59. The molecular weight excluding hydrogens is 252 g/mol. The number of rotatable bonds is 4. The molecule has 0 aliphatic carbocycles. The van der Waals surface area contributed by atoms with Crippen molar-refractivity contribution in [3.8, 4) is 5.75 Å². The zero-order chi connectivity index (χ0) is 14.0. The van der Waals surface area contributed by atoms with Gasteiger partial charge in [0.05, 0.1) is 17.5 Å². The molecule has 0 unspecified atom stereocenters. The molecule has 0 saturated heterocycles. The van der Waals surface area contributed by atoms with Gasteiger partial charge < -0.3 is 10.5 Å². The third kappa shape index (κ3) is 3.36. The van der Waals surface area contributed by atoms with Crippen LogP contribution in [0, 0.1) is 0 Å². The van der Waals surface area contributed by atoms with E-state index in [4.69, 9.17) is 10.5 Å². The fourth-order valence-electron chi connectivity index (χ4n) is 1.29. The van der Waals surface area contributed by atoms with Crippen molar-refractivity contribution < 1.29 is 13.2 Å². The van der Waals surface area contributed by atoms with E-state index in [-0.39, 0.29) is 6.54 Å². The Kier molecular flexibility index (Phi) is 4.24. The first-order valence-corrected chi connectivity index (χ1v) is 7.07. The number of sulfonamides is 1. The van der Waals surface area contributed by atoms with E-state index in [2.05, 4.69) is 4.72 Å². The topological polar surface area (TPSA) is 81.4 Å². The van der Waals surface area contributed by atoms with Gasteiger partial charge >= 0.3 is 0 Å². The fraction of sp³-hybridized carbons (Fsp3) is 0.500. The molecule has 0 bridgehead atoms. The average molecular weight is 272 g/mol. The molecule has 0 heterocycles. The predicted octanol–water partition coefficient (Wildman–Crippen LogP) is 1.50. The van der Waals surface area contributed by atoms with Gasteiger partial charge in [0.25, 0.3) is 0 Å². The van der Waals surface area contributed by atoms with Gasteiger partial charge in [0.15, 0.2) is 0 Å². The van der Waals surface area contributed by atoms with Crippen LogP contribution < -0.4 is 15.2 Å². The Balaban J connectivity index is 2.79. The number of benzene rings is 1. The molecule has 3 N–H and O–H groups in total. The number of nitrogen functional groups attached to an aromatic ring is 1. The van der Waals surface area contributed by atoms with E-state index in [1.54, 1.807) is 39.0 Å². The van der Waals surface area contributed by atoms with E-state index in [1.165, 1.54) is 7.11 Å². The highest BCUT2D eigenvalue weighted by molar-refractivity contribution is 7.90. The third-order valence-corrected chi connectivity index (χ3v) is 4.70. The Labute approximate surface area is 108 Å². The van der Waals surface area contributed by atoms with Gasteiger partial charge in [-0.3, -0.25) is 0 Å². The minimum atomic E-state index is -3.35. The van der Waals surface area contributed by atoms with Crippen LogP contribution in [0.15, 0.2) is 18.2 Å². The van der Waals surface area contributed by atoms with Crippen molar-refractivity contribution in [2.75, 3.05) is 12.8 Å². The van der Waals surface area contributed by atoms with Gasteiger partial charge in [-0.1, -0.05) is 6.07 Å². The SMILES string of the molecule is COc1ccc(CNS(=O)(=O)C(C)(C)C)cc1N. The number of nitrogens with one attached hydrogen (secondary N) is 1. The molecule has 0 amide bonds. The number of methoxy groups -OCH3 is 1. The molecule has 0 atom stereocenters. The number of anilines is 1. The first kappa shape index (κ1) is 14.8. The second kappa shape index (κ2) is 5.16. The summed E-state index contributed by atoms with van der Waals surface area (Å²) >= 11 is 0. The van der Waals surface area contributed by atoms with Gasteiger partial charge in [-0.25, -0.2) is 13.1 Å². The number of ether oxygens (including phenoxy) is 1. The van der Waals surface area contributed by atoms with Gasteiger partial charge in [0.2, 0.25) is 10.0 Å². The molecule has 0 aliphatic heterocycles. The highest BCUT2D eigenvalue weighted by atomic mass is 32.2. The molecule has 0 spiro atoms. The van der Waals surface area contributed by atoms with E-state index in [0.29, 0.717) is 11.4 Å². The first-order chi connectivity index (χ1) is 8.17. The van der Waals surface area contributed by atoms with Crippen molar-refractivity contribution in [2.45, 2.75) is 32.1 Å². The van der Waals surface area contributed by atoms with Crippen LogP contribution in [0.3, 0.4) is 0 Å². The molecule has 5 nitrogen and oxygen atoms in total. The quantitative estimate of drug-likeness (QED) is 0.814. The Morgan fingerprint density at radius 2 is 1.94 bits per heavy atom. The summed E-state index contributed by atoms with van der Waals surface area (Å²) in [5.41, 5.74) is 7.04. The second-order valence-corrected chi connectivity index (χ2v) is 7.53. The summed E-state index contributed by atoms with van der Waals surface area (Å²) in [6.07, 6.45) is 0. The van der Waals surface area contributed by atoms with Crippen LogP contribution in [0.5, 0.6) is 5.75 Å².